The lowest BCUT2D eigenvalue weighted by Crippen LogP contribution is -2.48. The summed E-state index contributed by atoms with van der Waals surface area (Å²) in [6, 6.07) is 9.40. The van der Waals surface area contributed by atoms with Gasteiger partial charge in [0.05, 0.1) is 28.9 Å². The van der Waals surface area contributed by atoms with Crippen molar-refractivity contribution in [1.82, 2.24) is 15.3 Å². The van der Waals surface area contributed by atoms with E-state index in [1.54, 1.807) is 18.2 Å². The lowest BCUT2D eigenvalue weighted by molar-refractivity contribution is -0.309. The van der Waals surface area contributed by atoms with Crippen LogP contribution in [0.25, 0.3) is 10.9 Å². The van der Waals surface area contributed by atoms with Gasteiger partial charge in [-0.2, -0.15) is 15.2 Å². The molecule has 32 heavy (non-hydrogen) atoms. The molecular weight excluding hydrogens is 418 g/mol. The highest BCUT2D eigenvalue weighted by Crippen LogP contribution is 2.26. The van der Waals surface area contributed by atoms with Crippen molar-refractivity contribution in [1.29, 1.82) is 0 Å². The molecule has 0 bridgehead atoms. The molecule has 5 N–H and O–H groups in total. The third-order valence-corrected chi connectivity index (χ3v) is 4.36. The number of anilines is 2. The van der Waals surface area contributed by atoms with Gasteiger partial charge in [0.15, 0.2) is 0 Å². The topological polar surface area (TPSA) is 212 Å². The number of fused-ring (bicyclic) bond motifs is 1. The van der Waals surface area contributed by atoms with Crippen molar-refractivity contribution in [2.45, 2.75) is 18.9 Å². The van der Waals surface area contributed by atoms with Crippen LogP contribution < -0.4 is 27.0 Å². The van der Waals surface area contributed by atoms with Crippen LogP contribution in [-0.2, 0) is 9.59 Å². The monoisotopic (exact) mass is 435 g/mol. The summed E-state index contributed by atoms with van der Waals surface area (Å²) in [5.74, 6) is -3.43. The van der Waals surface area contributed by atoms with Gasteiger partial charge in [-0.1, -0.05) is 0 Å². The van der Waals surface area contributed by atoms with Crippen molar-refractivity contribution in [3.8, 4) is 0 Å². The van der Waals surface area contributed by atoms with Crippen LogP contribution in [0.3, 0.4) is 0 Å². The minimum atomic E-state index is -1.59. The second-order valence-electron chi connectivity index (χ2n) is 6.67. The number of benzene rings is 2. The number of nitrogens with one attached hydrogen (secondary N) is 1. The molecule has 12 nitrogen and oxygen atoms in total. The van der Waals surface area contributed by atoms with Crippen molar-refractivity contribution in [2.75, 3.05) is 11.5 Å². The third kappa shape index (κ3) is 5.50. The maximum atomic E-state index is 12.2. The van der Waals surface area contributed by atoms with Gasteiger partial charge in [0.1, 0.15) is 5.82 Å². The van der Waals surface area contributed by atoms with Crippen molar-refractivity contribution in [2.24, 2.45) is 10.2 Å². The zero-order chi connectivity index (χ0) is 23.3. The molecule has 0 unspecified atom stereocenters. The number of aromatic nitrogens is 2. The van der Waals surface area contributed by atoms with Crippen LogP contribution in [-0.4, -0.2) is 33.9 Å². The van der Waals surface area contributed by atoms with E-state index < -0.39 is 30.3 Å². The molecule has 0 spiro atoms. The van der Waals surface area contributed by atoms with Crippen LogP contribution in [0.5, 0.6) is 0 Å². The van der Waals surface area contributed by atoms with Crippen molar-refractivity contribution in [3.63, 3.8) is 0 Å². The Labute approximate surface area is 181 Å². The second kappa shape index (κ2) is 9.47. The van der Waals surface area contributed by atoms with E-state index in [0.717, 1.165) is 0 Å². The van der Waals surface area contributed by atoms with Crippen LogP contribution >= 0.6 is 0 Å². The van der Waals surface area contributed by atoms with Crippen LogP contribution in [0.2, 0.25) is 0 Å². The van der Waals surface area contributed by atoms with Gasteiger partial charge in [-0.15, -0.1) is 0 Å². The molecule has 164 valence electrons. The third-order valence-electron chi connectivity index (χ3n) is 4.36. The number of hydrogen-bond donors (Lipinski definition) is 3. The molecule has 1 aromatic heterocycles. The molecular formula is C20H17N7O5-2. The first-order chi connectivity index (χ1) is 15.2. The predicted molar refractivity (Wildman–Crippen MR) is 109 cm³/mol. The maximum absolute atomic E-state index is 12.2. The van der Waals surface area contributed by atoms with E-state index in [1.807, 2.05) is 0 Å². The normalized spacial score (nSPS) is 12.0. The SMILES string of the molecule is Nc1nc(N)c2cc(N=Nc3ccc(C(=O)N[C@@H](CCC(=O)[O-])C(=O)[O-])cc3)ccc2n1. The van der Waals surface area contributed by atoms with Crippen molar-refractivity contribution < 1.29 is 24.6 Å². The van der Waals surface area contributed by atoms with Crippen molar-refractivity contribution >= 4 is 51.9 Å². The summed E-state index contributed by atoms with van der Waals surface area (Å²) in [6.07, 6.45) is -0.880. The smallest absolute Gasteiger partial charge is 0.251 e. The average molecular weight is 435 g/mol. The number of rotatable bonds is 8. The fourth-order valence-electron chi connectivity index (χ4n) is 2.77. The maximum Gasteiger partial charge on any atom is 0.251 e. The molecule has 2 aromatic carbocycles. The molecule has 12 heteroatoms. The molecule has 0 saturated heterocycles. The van der Waals surface area contributed by atoms with E-state index in [4.69, 9.17) is 11.5 Å². The van der Waals surface area contributed by atoms with E-state index in [9.17, 15) is 24.6 Å². The van der Waals surface area contributed by atoms with Crippen LogP contribution in [0, 0.1) is 0 Å². The summed E-state index contributed by atoms with van der Waals surface area (Å²) < 4.78 is 0. The van der Waals surface area contributed by atoms with Gasteiger partial charge in [-0.05, 0) is 55.3 Å². The minimum absolute atomic E-state index is 0.0679. The molecule has 0 radical (unpaired) electrons. The zero-order valence-electron chi connectivity index (χ0n) is 16.5. The average Bonchev–Trinajstić information content (AvgIpc) is 2.75. The molecule has 0 aliphatic rings. The highest BCUT2D eigenvalue weighted by atomic mass is 16.4. The summed E-state index contributed by atoms with van der Waals surface area (Å²) in [5, 5.41) is 32.6. The first kappa shape index (κ1) is 22.1. The van der Waals surface area contributed by atoms with E-state index >= 15 is 0 Å². The molecule has 1 atom stereocenters. The Morgan fingerprint density at radius 3 is 2.28 bits per heavy atom. The lowest BCUT2D eigenvalue weighted by atomic mass is 10.1. The summed E-state index contributed by atoms with van der Waals surface area (Å²) >= 11 is 0. The number of aliphatic carboxylic acids is 2. The largest absolute Gasteiger partial charge is 0.550 e. The Balaban J connectivity index is 1.69. The van der Waals surface area contributed by atoms with E-state index in [0.29, 0.717) is 22.3 Å². The number of carbonyl (C=O) groups is 3. The van der Waals surface area contributed by atoms with Gasteiger partial charge in [0, 0.05) is 16.9 Å². The number of nitrogen functional groups attached to an aromatic ring is 2. The predicted octanol–water partition coefficient (Wildman–Crippen LogP) is -0.412. The van der Waals surface area contributed by atoms with Gasteiger partial charge in [0.25, 0.3) is 5.91 Å². The number of nitrogens with two attached hydrogens (primary N) is 2. The van der Waals surface area contributed by atoms with Gasteiger partial charge >= 0.3 is 0 Å². The molecule has 0 saturated carbocycles. The van der Waals surface area contributed by atoms with Crippen molar-refractivity contribution in [3.05, 3.63) is 48.0 Å². The van der Waals surface area contributed by atoms with Gasteiger partial charge in [-0.3, -0.25) is 4.79 Å². The number of carbonyl (C=O) groups excluding carboxylic acids is 3. The zero-order valence-corrected chi connectivity index (χ0v) is 16.5. The summed E-state index contributed by atoms with van der Waals surface area (Å²) in [7, 11) is 0. The van der Waals surface area contributed by atoms with Gasteiger partial charge < -0.3 is 36.6 Å². The minimum Gasteiger partial charge on any atom is -0.550 e. The molecule has 1 heterocycles. The lowest BCUT2D eigenvalue weighted by Gasteiger charge is -2.19. The number of hydrogen-bond acceptors (Lipinski definition) is 11. The molecule has 3 rings (SSSR count). The van der Waals surface area contributed by atoms with Crippen LogP contribution in [0.1, 0.15) is 23.2 Å². The molecule has 0 aliphatic carbocycles. The van der Waals surface area contributed by atoms with E-state index in [2.05, 4.69) is 25.5 Å². The molecule has 1 amide bonds. The molecule has 0 aliphatic heterocycles. The summed E-state index contributed by atoms with van der Waals surface area (Å²) in [4.78, 5) is 41.8. The number of amides is 1. The Hall–Kier alpha value is -4.61. The molecule has 3 aromatic rings. The fraction of sp³-hybridized carbons (Fsp3) is 0.150. The Bertz CT molecular complexity index is 1210. The van der Waals surface area contributed by atoms with E-state index in [1.165, 1.54) is 24.3 Å². The van der Waals surface area contributed by atoms with Crippen LogP contribution in [0.15, 0.2) is 52.7 Å². The Morgan fingerprint density at radius 1 is 0.969 bits per heavy atom. The number of nitrogens with zero attached hydrogens (tertiary/aromatic N) is 4. The van der Waals surface area contributed by atoms with E-state index in [-0.39, 0.29) is 23.8 Å². The number of azo groups is 1. The first-order valence-corrected chi connectivity index (χ1v) is 9.29. The number of carboxylic acid groups (broad SMARTS) is 2. The quantitative estimate of drug-likeness (QED) is 0.392. The van der Waals surface area contributed by atoms with Gasteiger partial charge in [0.2, 0.25) is 5.95 Å². The standard InChI is InChI=1S/C20H19N7O5/c21-17-13-9-12(5-6-14(13)24-20(22)25-17)27-26-11-3-1-10(2-4-11)18(30)23-15(19(31)32)7-8-16(28)29/h1-6,9,15H,7-8H2,(H,23,30)(H,28,29)(H,31,32)(H4,21,22,24,25)/p-2/t15-/m0/s1. The van der Waals surface area contributed by atoms with Crippen LogP contribution in [0.4, 0.5) is 23.1 Å². The highest BCUT2D eigenvalue weighted by molar-refractivity contribution is 5.96. The number of carboxylic acids is 2. The second-order valence-corrected chi connectivity index (χ2v) is 6.67. The molecule has 0 fully saturated rings. The van der Waals surface area contributed by atoms with Gasteiger partial charge in [-0.25, -0.2) is 4.98 Å². The highest BCUT2D eigenvalue weighted by Gasteiger charge is 2.15. The Morgan fingerprint density at radius 2 is 1.62 bits per heavy atom. The fourth-order valence-corrected chi connectivity index (χ4v) is 2.77. The Kier molecular flexibility index (Phi) is 6.53. The summed E-state index contributed by atoms with van der Waals surface area (Å²) in [5.41, 5.74) is 13.1. The first-order valence-electron chi connectivity index (χ1n) is 9.29. The summed E-state index contributed by atoms with van der Waals surface area (Å²) in [6.45, 7) is 0.